The lowest BCUT2D eigenvalue weighted by Gasteiger charge is -2.20. The quantitative estimate of drug-likeness (QED) is 0.160. The fraction of sp³-hybridized carbons (Fsp3) is 0.343. The second kappa shape index (κ2) is 15.2. The van der Waals surface area contributed by atoms with Gasteiger partial charge in [0.25, 0.3) is 0 Å². The molecule has 2 aromatic carbocycles. The van der Waals surface area contributed by atoms with Gasteiger partial charge < -0.3 is 25.2 Å². The Hall–Kier alpha value is -3.73. The van der Waals surface area contributed by atoms with E-state index < -0.39 is 6.10 Å². The van der Waals surface area contributed by atoms with Crippen LogP contribution in [-0.2, 0) is 17.9 Å². The van der Waals surface area contributed by atoms with E-state index in [1.807, 2.05) is 66.5 Å². The molecule has 0 radical (unpaired) electrons. The van der Waals surface area contributed by atoms with Crippen molar-refractivity contribution in [2.45, 2.75) is 45.0 Å². The standard InChI is InChI=1S/C35H39Cl2N5O4/c1-21(43)19-42(2)20-24-9-8-22(16-30(24)45-3)34-33(37)27(14-15-39-34)26-6-5-7-28(32(26)36)29-12-10-23(35(41-29)46-4)17-38-18-25-11-13-31(44)40-25/h5-10,12,14-16,21,25,38,43H,11,13,17-20H2,1-4H3,(H,40,44)/t21?,25-/m1/s1. The van der Waals surface area contributed by atoms with Crippen LogP contribution in [0, 0.1) is 0 Å². The average molecular weight is 665 g/mol. The van der Waals surface area contributed by atoms with Gasteiger partial charge in [0.2, 0.25) is 11.8 Å². The first-order valence-electron chi connectivity index (χ1n) is 15.2. The minimum absolute atomic E-state index is 0.0990. The summed E-state index contributed by atoms with van der Waals surface area (Å²) < 4.78 is 11.3. The van der Waals surface area contributed by atoms with Crippen molar-refractivity contribution in [1.82, 2.24) is 25.5 Å². The van der Waals surface area contributed by atoms with E-state index >= 15 is 0 Å². The summed E-state index contributed by atoms with van der Waals surface area (Å²) in [6.45, 7) is 4.16. The van der Waals surface area contributed by atoms with E-state index in [-0.39, 0.29) is 11.9 Å². The summed E-state index contributed by atoms with van der Waals surface area (Å²) >= 11 is 14.1. The van der Waals surface area contributed by atoms with E-state index in [0.717, 1.165) is 39.8 Å². The fourth-order valence-electron chi connectivity index (χ4n) is 5.76. The van der Waals surface area contributed by atoms with Crippen molar-refractivity contribution >= 4 is 29.1 Å². The number of aromatic nitrogens is 2. The minimum Gasteiger partial charge on any atom is -0.496 e. The normalized spacial score (nSPS) is 15.2. The largest absolute Gasteiger partial charge is 0.496 e. The van der Waals surface area contributed by atoms with Crippen LogP contribution in [-0.4, -0.2) is 72.4 Å². The van der Waals surface area contributed by atoms with Crippen molar-refractivity contribution in [1.29, 1.82) is 0 Å². The van der Waals surface area contributed by atoms with Crippen LogP contribution in [0.25, 0.3) is 33.6 Å². The smallest absolute Gasteiger partial charge is 0.220 e. The molecular weight excluding hydrogens is 625 g/mol. The number of rotatable bonds is 13. The fourth-order valence-corrected chi connectivity index (χ4v) is 6.41. The molecule has 0 bridgehead atoms. The second-order valence-electron chi connectivity index (χ2n) is 11.6. The summed E-state index contributed by atoms with van der Waals surface area (Å²) in [4.78, 5) is 22.9. The molecule has 0 saturated carbocycles. The number of amides is 1. The number of halogens is 2. The topological polar surface area (TPSA) is 109 Å². The number of ether oxygens (including phenoxy) is 2. The van der Waals surface area contributed by atoms with Crippen LogP contribution in [0.2, 0.25) is 10.0 Å². The molecule has 5 rings (SSSR count). The van der Waals surface area contributed by atoms with Crippen LogP contribution in [0.4, 0.5) is 0 Å². The molecule has 46 heavy (non-hydrogen) atoms. The molecule has 0 spiro atoms. The molecule has 242 valence electrons. The molecule has 3 N–H and O–H groups in total. The summed E-state index contributed by atoms with van der Waals surface area (Å²) in [6, 6.07) is 17.6. The molecule has 2 aromatic heterocycles. The zero-order valence-electron chi connectivity index (χ0n) is 26.4. The highest BCUT2D eigenvalue weighted by Crippen LogP contribution is 2.42. The summed E-state index contributed by atoms with van der Waals surface area (Å²) in [5.41, 5.74) is 6.21. The van der Waals surface area contributed by atoms with Crippen molar-refractivity contribution in [2.75, 3.05) is 34.4 Å². The van der Waals surface area contributed by atoms with Gasteiger partial charge in [-0.25, -0.2) is 4.98 Å². The second-order valence-corrected chi connectivity index (χ2v) is 12.3. The van der Waals surface area contributed by atoms with Crippen molar-refractivity contribution < 1.29 is 19.4 Å². The van der Waals surface area contributed by atoms with E-state index in [1.165, 1.54) is 0 Å². The Labute approximate surface area is 279 Å². The summed E-state index contributed by atoms with van der Waals surface area (Å²) in [5.74, 6) is 1.31. The van der Waals surface area contributed by atoms with Crippen molar-refractivity contribution in [3.05, 3.63) is 82.0 Å². The van der Waals surface area contributed by atoms with Gasteiger partial charge in [-0.2, -0.15) is 0 Å². The maximum absolute atomic E-state index is 11.5. The van der Waals surface area contributed by atoms with E-state index in [1.54, 1.807) is 27.3 Å². The average Bonchev–Trinajstić information content (AvgIpc) is 3.46. The monoisotopic (exact) mass is 663 g/mol. The van der Waals surface area contributed by atoms with Gasteiger partial charge in [0.05, 0.1) is 41.8 Å². The Bertz CT molecular complexity index is 1700. The van der Waals surface area contributed by atoms with Gasteiger partial charge in [0.1, 0.15) is 5.75 Å². The number of hydrogen-bond acceptors (Lipinski definition) is 8. The number of nitrogens with one attached hydrogen (secondary N) is 2. The van der Waals surface area contributed by atoms with Crippen molar-refractivity contribution in [3.63, 3.8) is 0 Å². The van der Waals surface area contributed by atoms with Gasteiger partial charge in [-0.3, -0.25) is 14.7 Å². The van der Waals surface area contributed by atoms with Crippen LogP contribution in [0.3, 0.4) is 0 Å². The lowest BCUT2D eigenvalue weighted by molar-refractivity contribution is -0.119. The number of likely N-dealkylation sites (N-methyl/N-ethyl adjacent to an activating group) is 1. The highest BCUT2D eigenvalue weighted by atomic mass is 35.5. The van der Waals surface area contributed by atoms with Crippen LogP contribution in [0.5, 0.6) is 11.6 Å². The van der Waals surface area contributed by atoms with Gasteiger partial charge in [0.15, 0.2) is 0 Å². The highest BCUT2D eigenvalue weighted by Gasteiger charge is 2.21. The van der Waals surface area contributed by atoms with Crippen molar-refractivity contribution in [3.8, 4) is 45.3 Å². The molecule has 3 heterocycles. The van der Waals surface area contributed by atoms with E-state index in [9.17, 15) is 9.90 Å². The molecular formula is C35H39Cl2N5O4. The molecule has 9 nitrogen and oxygen atoms in total. The first kappa shape index (κ1) is 33.6. The van der Waals surface area contributed by atoms with Gasteiger partial charge >= 0.3 is 0 Å². The first-order valence-corrected chi connectivity index (χ1v) is 16.0. The number of methoxy groups -OCH3 is 2. The van der Waals surface area contributed by atoms with Crippen LogP contribution in [0.15, 0.2) is 60.8 Å². The third-order valence-corrected chi connectivity index (χ3v) is 8.74. The van der Waals surface area contributed by atoms with Gasteiger partial charge in [-0.1, -0.05) is 59.6 Å². The molecule has 1 amide bonds. The number of carbonyl (C=O) groups excluding carboxylic acids is 1. The lowest BCUT2D eigenvalue weighted by atomic mass is 9.99. The van der Waals surface area contributed by atoms with Gasteiger partial charge in [-0.05, 0) is 38.6 Å². The number of benzene rings is 2. The third-order valence-electron chi connectivity index (χ3n) is 7.95. The maximum Gasteiger partial charge on any atom is 0.220 e. The number of nitrogens with zero attached hydrogens (tertiary/aromatic N) is 3. The van der Waals surface area contributed by atoms with E-state index in [4.69, 9.17) is 37.7 Å². The Morgan fingerprint density at radius 3 is 2.52 bits per heavy atom. The first-order chi connectivity index (χ1) is 22.2. The van der Waals surface area contributed by atoms with Crippen LogP contribution >= 0.6 is 23.2 Å². The Kier molecular flexibility index (Phi) is 11.1. The molecule has 1 fully saturated rings. The Balaban J connectivity index is 1.40. The molecule has 1 unspecified atom stereocenters. The number of hydrogen-bond donors (Lipinski definition) is 3. The molecule has 11 heteroatoms. The van der Waals surface area contributed by atoms with E-state index in [0.29, 0.717) is 65.7 Å². The molecule has 2 atom stereocenters. The van der Waals surface area contributed by atoms with Gasteiger partial charge in [-0.15, -0.1) is 0 Å². The van der Waals surface area contributed by atoms with Gasteiger partial charge in [0, 0.05) is 78.2 Å². The summed E-state index contributed by atoms with van der Waals surface area (Å²) in [7, 11) is 5.19. The predicted octanol–water partition coefficient (Wildman–Crippen LogP) is 5.98. The highest BCUT2D eigenvalue weighted by molar-refractivity contribution is 6.39. The Morgan fingerprint density at radius 2 is 1.80 bits per heavy atom. The maximum atomic E-state index is 11.5. The zero-order chi connectivity index (χ0) is 32.8. The van der Waals surface area contributed by atoms with Crippen LogP contribution < -0.4 is 20.1 Å². The Morgan fingerprint density at radius 1 is 1.04 bits per heavy atom. The third kappa shape index (κ3) is 7.79. The minimum atomic E-state index is -0.426. The molecule has 1 aliphatic rings. The number of aliphatic hydroxyl groups excluding tert-OH is 1. The molecule has 0 aliphatic carbocycles. The number of pyridine rings is 2. The van der Waals surface area contributed by atoms with E-state index in [2.05, 4.69) is 15.6 Å². The molecule has 1 aliphatic heterocycles. The predicted molar refractivity (Wildman–Crippen MR) is 182 cm³/mol. The van der Waals surface area contributed by atoms with Crippen LogP contribution in [0.1, 0.15) is 30.9 Å². The summed E-state index contributed by atoms with van der Waals surface area (Å²) in [5, 5.41) is 17.1. The van der Waals surface area contributed by atoms with Crippen molar-refractivity contribution in [2.24, 2.45) is 0 Å². The number of aliphatic hydroxyl groups is 1. The molecule has 1 saturated heterocycles. The SMILES string of the molecule is COc1cc(-c2nccc(-c3cccc(-c4ccc(CNC[C@H]5CCC(=O)N5)c(OC)n4)c3Cl)c2Cl)ccc1CN(C)CC(C)O. The zero-order valence-corrected chi connectivity index (χ0v) is 28.0. The number of carbonyl (C=O) groups is 1. The lowest BCUT2D eigenvalue weighted by Crippen LogP contribution is -2.35. The summed E-state index contributed by atoms with van der Waals surface area (Å²) in [6.07, 6.45) is 2.70. The molecule has 4 aromatic rings.